The predicted molar refractivity (Wildman–Crippen MR) is 116 cm³/mol. The van der Waals surface area contributed by atoms with E-state index in [1.807, 2.05) is 38.1 Å². The molecule has 2 aromatic rings. The molecule has 0 aromatic heterocycles. The van der Waals surface area contributed by atoms with Gasteiger partial charge in [-0.25, -0.2) is 9.59 Å². The number of aryl methyl sites for hydroxylation is 2. The number of cyclic esters (lactones) is 1. The SMILES string of the molecule is Cc1ccc(C)c([C@H]2NC(=O)N(CC(=O)NCc3ccc4c(c3)OCO4)C3=C2C(=O)OC3)c1. The van der Waals surface area contributed by atoms with Crippen molar-refractivity contribution in [3.05, 3.63) is 69.9 Å². The Morgan fingerprint density at radius 1 is 1.09 bits per heavy atom. The van der Waals surface area contributed by atoms with Crippen LogP contribution in [0, 0.1) is 13.8 Å². The first-order chi connectivity index (χ1) is 15.9. The van der Waals surface area contributed by atoms with Crippen molar-refractivity contribution < 1.29 is 28.6 Å². The molecule has 0 fully saturated rings. The number of carbonyl (C=O) groups is 3. The zero-order chi connectivity index (χ0) is 23.1. The Balaban J connectivity index is 1.33. The molecular formula is C24H23N3O6. The number of amides is 3. The number of nitrogens with zero attached hydrogens (tertiary/aromatic N) is 1. The molecular weight excluding hydrogens is 426 g/mol. The number of nitrogens with one attached hydrogen (secondary N) is 2. The number of urea groups is 1. The topological polar surface area (TPSA) is 106 Å². The van der Waals surface area contributed by atoms with Crippen LogP contribution in [0.4, 0.5) is 4.79 Å². The summed E-state index contributed by atoms with van der Waals surface area (Å²) in [5, 5.41) is 5.68. The lowest BCUT2D eigenvalue weighted by atomic mass is 9.91. The molecule has 0 spiro atoms. The number of esters is 1. The third kappa shape index (κ3) is 3.86. The molecule has 0 radical (unpaired) electrons. The van der Waals surface area contributed by atoms with Crippen LogP contribution in [-0.4, -0.2) is 42.8 Å². The summed E-state index contributed by atoms with van der Waals surface area (Å²) in [6, 6.07) is 10.2. The molecule has 9 heteroatoms. The van der Waals surface area contributed by atoms with Crippen molar-refractivity contribution in [1.29, 1.82) is 0 Å². The van der Waals surface area contributed by atoms with E-state index in [1.54, 1.807) is 12.1 Å². The second-order valence-electron chi connectivity index (χ2n) is 8.23. The number of fused-ring (bicyclic) bond motifs is 1. The summed E-state index contributed by atoms with van der Waals surface area (Å²) < 4.78 is 15.9. The molecule has 9 nitrogen and oxygen atoms in total. The van der Waals surface area contributed by atoms with Crippen molar-refractivity contribution in [3.8, 4) is 11.5 Å². The minimum Gasteiger partial charge on any atom is -0.456 e. The molecule has 3 amide bonds. The Labute approximate surface area is 190 Å². The number of ether oxygens (including phenoxy) is 3. The Bertz CT molecular complexity index is 1200. The molecule has 0 unspecified atom stereocenters. The van der Waals surface area contributed by atoms with Gasteiger partial charge in [0.15, 0.2) is 11.5 Å². The largest absolute Gasteiger partial charge is 0.456 e. The fourth-order valence-corrected chi connectivity index (χ4v) is 4.23. The van der Waals surface area contributed by atoms with Crippen molar-refractivity contribution in [2.24, 2.45) is 0 Å². The first-order valence-electron chi connectivity index (χ1n) is 10.6. The highest BCUT2D eigenvalue weighted by atomic mass is 16.7. The third-order valence-corrected chi connectivity index (χ3v) is 5.97. The molecule has 3 aliphatic heterocycles. The second kappa shape index (κ2) is 8.16. The van der Waals surface area contributed by atoms with Gasteiger partial charge in [-0.05, 0) is 42.7 Å². The van der Waals surface area contributed by atoms with Crippen molar-refractivity contribution in [2.75, 3.05) is 19.9 Å². The number of carbonyl (C=O) groups excluding carboxylic acids is 3. The van der Waals surface area contributed by atoms with E-state index >= 15 is 0 Å². The van der Waals surface area contributed by atoms with E-state index in [9.17, 15) is 14.4 Å². The maximum atomic E-state index is 13.0. The summed E-state index contributed by atoms with van der Waals surface area (Å²) in [6.07, 6.45) is 0. The van der Waals surface area contributed by atoms with Gasteiger partial charge in [0.25, 0.3) is 0 Å². The maximum Gasteiger partial charge on any atom is 0.338 e. The van der Waals surface area contributed by atoms with E-state index in [0.717, 1.165) is 22.3 Å². The van der Waals surface area contributed by atoms with Crippen LogP contribution in [0.1, 0.15) is 28.3 Å². The van der Waals surface area contributed by atoms with Crippen molar-refractivity contribution in [3.63, 3.8) is 0 Å². The number of hydrogen-bond acceptors (Lipinski definition) is 6. The molecule has 0 saturated heterocycles. The Morgan fingerprint density at radius 2 is 1.91 bits per heavy atom. The lowest BCUT2D eigenvalue weighted by Crippen LogP contribution is -2.50. The predicted octanol–water partition coefficient (Wildman–Crippen LogP) is 2.23. The number of rotatable bonds is 5. The maximum absolute atomic E-state index is 13.0. The minimum absolute atomic E-state index is 0.0433. The van der Waals surface area contributed by atoms with Gasteiger partial charge in [-0.15, -0.1) is 0 Å². The second-order valence-corrected chi connectivity index (χ2v) is 8.23. The van der Waals surface area contributed by atoms with Gasteiger partial charge >= 0.3 is 12.0 Å². The summed E-state index contributed by atoms with van der Waals surface area (Å²) in [5.74, 6) is 0.450. The summed E-state index contributed by atoms with van der Waals surface area (Å²) in [7, 11) is 0. The van der Waals surface area contributed by atoms with Crippen LogP contribution in [0.25, 0.3) is 0 Å². The molecule has 3 heterocycles. The highest BCUT2D eigenvalue weighted by Gasteiger charge is 2.43. The number of hydrogen-bond donors (Lipinski definition) is 2. The highest BCUT2D eigenvalue weighted by molar-refractivity contribution is 5.98. The van der Waals surface area contributed by atoms with Gasteiger partial charge in [-0.2, -0.15) is 0 Å². The van der Waals surface area contributed by atoms with Gasteiger partial charge < -0.3 is 24.8 Å². The molecule has 5 rings (SSSR count). The van der Waals surface area contributed by atoms with Gasteiger partial charge in [0, 0.05) is 6.54 Å². The molecule has 0 saturated carbocycles. The minimum atomic E-state index is -0.615. The molecule has 33 heavy (non-hydrogen) atoms. The van der Waals surface area contributed by atoms with E-state index in [2.05, 4.69) is 10.6 Å². The lowest BCUT2D eigenvalue weighted by Gasteiger charge is -2.33. The van der Waals surface area contributed by atoms with Crippen LogP contribution in [-0.2, 0) is 20.9 Å². The fourth-order valence-electron chi connectivity index (χ4n) is 4.23. The van der Waals surface area contributed by atoms with Crippen LogP contribution in [0.2, 0.25) is 0 Å². The van der Waals surface area contributed by atoms with E-state index in [1.165, 1.54) is 4.90 Å². The molecule has 170 valence electrons. The first-order valence-corrected chi connectivity index (χ1v) is 10.6. The van der Waals surface area contributed by atoms with Gasteiger partial charge in [0.2, 0.25) is 12.7 Å². The molecule has 0 bridgehead atoms. The lowest BCUT2D eigenvalue weighted by molar-refractivity contribution is -0.136. The van der Waals surface area contributed by atoms with Crippen LogP contribution in [0.15, 0.2) is 47.7 Å². The van der Waals surface area contributed by atoms with Gasteiger partial charge in [0.05, 0.1) is 17.3 Å². The van der Waals surface area contributed by atoms with Crippen LogP contribution in [0.5, 0.6) is 11.5 Å². The number of benzene rings is 2. The third-order valence-electron chi connectivity index (χ3n) is 5.97. The summed E-state index contributed by atoms with van der Waals surface area (Å²) in [6.45, 7) is 4.04. The summed E-state index contributed by atoms with van der Waals surface area (Å²) >= 11 is 0. The summed E-state index contributed by atoms with van der Waals surface area (Å²) in [4.78, 5) is 39.4. The highest BCUT2D eigenvalue weighted by Crippen LogP contribution is 2.36. The van der Waals surface area contributed by atoms with Gasteiger partial charge in [0.1, 0.15) is 13.2 Å². The average Bonchev–Trinajstić information content (AvgIpc) is 3.42. The Kier molecular flexibility index (Phi) is 5.16. The van der Waals surface area contributed by atoms with Crippen molar-refractivity contribution in [1.82, 2.24) is 15.5 Å². The smallest absolute Gasteiger partial charge is 0.338 e. The van der Waals surface area contributed by atoms with E-state index in [0.29, 0.717) is 22.8 Å². The molecule has 3 aliphatic rings. The Morgan fingerprint density at radius 3 is 2.76 bits per heavy atom. The zero-order valence-corrected chi connectivity index (χ0v) is 18.3. The monoisotopic (exact) mass is 449 g/mol. The molecule has 1 atom stereocenters. The molecule has 2 aromatic carbocycles. The first kappa shape index (κ1) is 20.9. The standard InChI is InChI=1S/C24H23N3O6/c1-13-3-4-14(2)16(7-13)22-21-17(11-31-23(21)29)27(24(30)26-22)10-20(28)25-9-15-5-6-18-19(8-15)33-12-32-18/h3-8,22H,9-12H2,1-2H3,(H,25,28)(H,26,30)/t22-/m1/s1. The molecule has 2 N–H and O–H groups in total. The quantitative estimate of drug-likeness (QED) is 0.678. The van der Waals surface area contributed by atoms with Crippen LogP contribution >= 0.6 is 0 Å². The molecule has 0 aliphatic carbocycles. The van der Waals surface area contributed by atoms with E-state index in [-0.39, 0.29) is 32.4 Å². The van der Waals surface area contributed by atoms with Crippen LogP contribution < -0.4 is 20.1 Å². The average molecular weight is 449 g/mol. The van der Waals surface area contributed by atoms with Crippen LogP contribution in [0.3, 0.4) is 0 Å². The van der Waals surface area contributed by atoms with Crippen molar-refractivity contribution in [2.45, 2.75) is 26.4 Å². The zero-order valence-electron chi connectivity index (χ0n) is 18.3. The van der Waals surface area contributed by atoms with Crippen molar-refractivity contribution >= 4 is 17.9 Å². The van der Waals surface area contributed by atoms with E-state index in [4.69, 9.17) is 14.2 Å². The Hall–Kier alpha value is -4.01. The van der Waals surface area contributed by atoms with E-state index < -0.39 is 18.0 Å². The normalized spacial score (nSPS) is 18.7. The van der Waals surface area contributed by atoms with Gasteiger partial charge in [-0.3, -0.25) is 9.69 Å². The fraction of sp³-hybridized carbons (Fsp3) is 0.292. The van der Waals surface area contributed by atoms with Gasteiger partial charge in [-0.1, -0.05) is 29.8 Å². The summed E-state index contributed by atoms with van der Waals surface area (Å²) in [5.41, 5.74) is 4.43.